The molecule has 2 N–H and O–H groups in total. The molecular weight excluding hydrogens is 356 g/mol. The van der Waals surface area contributed by atoms with Gasteiger partial charge in [-0.1, -0.05) is 15.9 Å². The monoisotopic (exact) mass is 366 g/mol. The van der Waals surface area contributed by atoms with Crippen LogP contribution in [0.3, 0.4) is 0 Å². The number of hydrogen-bond acceptors (Lipinski definition) is 5. The standard InChI is InChI=1S/C14H11BrN2O3S/c15-9-3-5-10(6-4-9)17-8-12(18)21-13-11(14(19)20)2-1-7-16-13/h1-7,17H,8H2,(H,19,20). The van der Waals surface area contributed by atoms with Crippen molar-refractivity contribution in [3.8, 4) is 0 Å². The van der Waals surface area contributed by atoms with E-state index in [0.29, 0.717) is 0 Å². The highest BCUT2D eigenvalue weighted by Crippen LogP contribution is 2.21. The van der Waals surface area contributed by atoms with Gasteiger partial charge in [0, 0.05) is 16.4 Å². The highest BCUT2D eigenvalue weighted by Gasteiger charge is 2.14. The maximum absolute atomic E-state index is 11.9. The van der Waals surface area contributed by atoms with Gasteiger partial charge in [-0.2, -0.15) is 0 Å². The molecule has 2 aromatic rings. The van der Waals surface area contributed by atoms with Crippen LogP contribution in [0.15, 0.2) is 52.1 Å². The maximum Gasteiger partial charge on any atom is 0.338 e. The average Bonchev–Trinajstić information content (AvgIpc) is 2.47. The lowest BCUT2D eigenvalue weighted by Crippen LogP contribution is -2.11. The first-order chi connectivity index (χ1) is 10.1. The van der Waals surface area contributed by atoms with Crippen LogP contribution in [0.5, 0.6) is 0 Å². The minimum absolute atomic E-state index is 0.0273. The van der Waals surface area contributed by atoms with Crippen molar-refractivity contribution < 1.29 is 14.7 Å². The third-order valence-electron chi connectivity index (χ3n) is 2.49. The van der Waals surface area contributed by atoms with Gasteiger partial charge in [0.15, 0.2) is 0 Å². The summed E-state index contributed by atoms with van der Waals surface area (Å²) in [6.45, 7) is 0.0853. The molecule has 2 rings (SSSR count). The number of aromatic carboxylic acids is 1. The summed E-state index contributed by atoms with van der Waals surface area (Å²) in [7, 11) is 0. The van der Waals surface area contributed by atoms with Crippen molar-refractivity contribution in [3.05, 3.63) is 52.6 Å². The molecule has 0 aliphatic rings. The second kappa shape index (κ2) is 7.24. The number of halogens is 1. The van der Waals surface area contributed by atoms with Crippen LogP contribution in [0.2, 0.25) is 0 Å². The van der Waals surface area contributed by atoms with E-state index >= 15 is 0 Å². The summed E-state index contributed by atoms with van der Waals surface area (Å²) < 4.78 is 0.952. The molecule has 5 nitrogen and oxygen atoms in total. The molecule has 21 heavy (non-hydrogen) atoms. The van der Waals surface area contributed by atoms with Crippen molar-refractivity contribution in [2.45, 2.75) is 5.03 Å². The lowest BCUT2D eigenvalue weighted by Gasteiger charge is -2.06. The zero-order valence-corrected chi connectivity index (χ0v) is 13.1. The second-order valence-electron chi connectivity index (χ2n) is 4.00. The van der Waals surface area contributed by atoms with Crippen molar-refractivity contribution in [2.24, 2.45) is 0 Å². The van der Waals surface area contributed by atoms with Gasteiger partial charge < -0.3 is 10.4 Å². The molecule has 0 atom stereocenters. The van der Waals surface area contributed by atoms with Crippen LogP contribution in [-0.4, -0.2) is 27.7 Å². The Bertz CT molecular complexity index is 662. The van der Waals surface area contributed by atoms with Crippen molar-refractivity contribution >= 4 is 44.5 Å². The molecule has 1 aromatic heterocycles. The topological polar surface area (TPSA) is 79.3 Å². The Hall–Kier alpha value is -1.86. The van der Waals surface area contributed by atoms with E-state index in [1.807, 2.05) is 24.3 Å². The molecule has 1 heterocycles. The molecule has 0 aliphatic carbocycles. The highest BCUT2D eigenvalue weighted by atomic mass is 79.9. The van der Waals surface area contributed by atoms with Crippen LogP contribution < -0.4 is 5.32 Å². The molecule has 0 spiro atoms. The van der Waals surface area contributed by atoms with Gasteiger partial charge in [-0.15, -0.1) is 0 Å². The quantitative estimate of drug-likeness (QED) is 0.790. The number of carboxylic acids is 1. The molecular formula is C14H11BrN2O3S. The van der Waals surface area contributed by atoms with E-state index in [9.17, 15) is 9.59 Å². The van der Waals surface area contributed by atoms with Crippen LogP contribution in [0.25, 0.3) is 0 Å². The number of hydrogen-bond donors (Lipinski definition) is 2. The molecule has 0 radical (unpaired) electrons. The minimum Gasteiger partial charge on any atom is -0.478 e. The number of carbonyl (C=O) groups excluding carboxylic acids is 1. The zero-order chi connectivity index (χ0) is 15.2. The predicted molar refractivity (Wildman–Crippen MR) is 84.7 cm³/mol. The normalized spacial score (nSPS) is 10.1. The van der Waals surface area contributed by atoms with Crippen molar-refractivity contribution in [2.75, 3.05) is 11.9 Å². The Balaban J connectivity index is 1.96. The zero-order valence-electron chi connectivity index (χ0n) is 10.7. The fraction of sp³-hybridized carbons (Fsp3) is 0.0714. The number of pyridine rings is 1. The number of thioether (sulfide) groups is 1. The van der Waals surface area contributed by atoms with Gasteiger partial charge in [-0.05, 0) is 48.2 Å². The van der Waals surface area contributed by atoms with Gasteiger partial charge >= 0.3 is 5.97 Å². The molecule has 0 amide bonds. The smallest absolute Gasteiger partial charge is 0.338 e. The Morgan fingerprint density at radius 3 is 2.62 bits per heavy atom. The SMILES string of the molecule is O=C(CNc1ccc(Br)cc1)Sc1ncccc1C(=O)O. The van der Waals surface area contributed by atoms with Gasteiger partial charge in [-0.3, -0.25) is 4.79 Å². The minimum atomic E-state index is -1.10. The molecule has 7 heteroatoms. The number of carboxylic acid groups (broad SMARTS) is 1. The van der Waals surface area contributed by atoms with E-state index in [4.69, 9.17) is 5.11 Å². The van der Waals surface area contributed by atoms with Crippen molar-refractivity contribution in [1.29, 1.82) is 0 Å². The first-order valence-corrected chi connectivity index (χ1v) is 7.55. The molecule has 0 fully saturated rings. The first kappa shape index (κ1) is 15.5. The Kier molecular flexibility index (Phi) is 5.35. The number of benzene rings is 1. The fourth-order valence-corrected chi connectivity index (χ4v) is 2.52. The lowest BCUT2D eigenvalue weighted by molar-refractivity contribution is -0.109. The Labute approximate surface area is 133 Å². The summed E-state index contributed by atoms with van der Waals surface area (Å²) in [5, 5.41) is 12.0. The van der Waals surface area contributed by atoms with Gasteiger partial charge in [0.05, 0.1) is 12.1 Å². The van der Waals surface area contributed by atoms with E-state index in [0.717, 1.165) is 21.9 Å². The average molecular weight is 367 g/mol. The summed E-state index contributed by atoms with van der Waals surface area (Å²) in [5.41, 5.74) is 0.839. The van der Waals surface area contributed by atoms with E-state index in [-0.39, 0.29) is 22.2 Å². The Morgan fingerprint density at radius 2 is 1.95 bits per heavy atom. The van der Waals surface area contributed by atoms with Crippen LogP contribution in [0.4, 0.5) is 5.69 Å². The van der Waals surface area contributed by atoms with Crippen LogP contribution in [-0.2, 0) is 4.79 Å². The molecule has 0 aliphatic heterocycles. The lowest BCUT2D eigenvalue weighted by atomic mass is 10.3. The van der Waals surface area contributed by atoms with Crippen LogP contribution in [0.1, 0.15) is 10.4 Å². The summed E-state index contributed by atoms with van der Waals surface area (Å²) in [6.07, 6.45) is 1.46. The third-order valence-corrected chi connectivity index (χ3v) is 3.91. The van der Waals surface area contributed by atoms with Gasteiger partial charge in [0.1, 0.15) is 5.03 Å². The summed E-state index contributed by atoms with van der Waals surface area (Å²) in [5.74, 6) is -1.10. The third kappa shape index (κ3) is 4.57. The molecule has 1 aromatic carbocycles. The second-order valence-corrected chi connectivity index (χ2v) is 5.96. The number of anilines is 1. The predicted octanol–water partition coefficient (Wildman–Crippen LogP) is 3.27. The molecule has 108 valence electrons. The van der Waals surface area contributed by atoms with E-state index in [2.05, 4.69) is 26.2 Å². The maximum atomic E-state index is 11.9. The molecule has 0 saturated heterocycles. The summed E-state index contributed by atoms with van der Waals surface area (Å²) in [4.78, 5) is 26.8. The van der Waals surface area contributed by atoms with E-state index in [1.165, 1.54) is 18.3 Å². The number of rotatable bonds is 5. The molecule has 0 bridgehead atoms. The van der Waals surface area contributed by atoms with Crippen LogP contribution >= 0.6 is 27.7 Å². The number of nitrogens with zero attached hydrogens (tertiary/aromatic N) is 1. The van der Waals surface area contributed by atoms with Gasteiger partial charge in [0.25, 0.3) is 0 Å². The summed E-state index contributed by atoms with van der Waals surface area (Å²) >= 11 is 4.15. The summed E-state index contributed by atoms with van der Waals surface area (Å²) in [6, 6.07) is 10.4. The van der Waals surface area contributed by atoms with Crippen molar-refractivity contribution in [3.63, 3.8) is 0 Å². The van der Waals surface area contributed by atoms with Crippen LogP contribution in [0, 0.1) is 0 Å². The molecule has 0 saturated carbocycles. The number of aromatic nitrogens is 1. The van der Waals surface area contributed by atoms with E-state index < -0.39 is 5.97 Å². The van der Waals surface area contributed by atoms with Gasteiger partial charge in [0.2, 0.25) is 5.12 Å². The van der Waals surface area contributed by atoms with Crippen molar-refractivity contribution in [1.82, 2.24) is 4.98 Å². The number of carbonyl (C=O) groups is 2. The fourth-order valence-electron chi connectivity index (χ4n) is 1.52. The largest absolute Gasteiger partial charge is 0.478 e. The molecule has 0 unspecified atom stereocenters. The first-order valence-electron chi connectivity index (χ1n) is 5.94. The van der Waals surface area contributed by atoms with E-state index in [1.54, 1.807) is 0 Å². The van der Waals surface area contributed by atoms with Gasteiger partial charge in [-0.25, -0.2) is 9.78 Å². The highest BCUT2D eigenvalue weighted by molar-refractivity contribution is 9.10. The number of nitrogens with one attached hydrogen (secondary N) is 1. The Morgan fingerprint density at radius 1 is 1.24 bits per heavy atom.